The van der Waals surface area contributed by atoms with E-state index in [0.717, 1.165) is 29.7 Å². The molecule has 0 radical (unpaired) electrons. The number of anilines is 1. The van der Waals surface area contributed by atoms with E-state index in [1.807, 2.05) is 11.0 Å². The molecule has 1 saturated heterocycles. The van der Waals surface area contributed by atoms with E-state index in [2.05, 4.69) is 31.3 Å². The van der Waals surface area contributed by atoms with Crippen LogP contribution in [0.25, 0.3) is 0 Å². The van der Waals surface area contributed by atoms with Crippen LogP contribution in [0, 0.1) is 5.92 Å². The third kappa shape index (κ3) is 5.01. The van der Waals surface area contributed by atoms with Crippen molar-refractivity contribution < 1.29 is 19.1 Å². The number of benzene rings is 2. The van der Waals surface area contributed by atoms with Gasteiger partial charge in [0.05, 0.1) is 14.2 Å². The molecule has 0 spiro atoms. The number of carbonyl (C=O) groups is 2. The van der Waals surface area contributed by atoms with Crippen LogP contribution in [0.1, 0.15) is 48.2 Å². The first-order valence-electron chi connectivity index (χ1n) is 10.9. The molecule has 0 aromatic heterocycles. The minimum absolute atomic E-state index is 0.0498. The van der Waals surface area contributed by atoms with E-state index in [1.54, 1.807) is 32.4 Å². The van der Waals surface area contributed by atoms with Crippen molar-refractivity contribution in [2.45, 2.75) is 39.5 Å². The van der Waals surface area contributed by atoms with Gasteiger partial charge in [-0.2, -0.15) is 0 Å². The number of methoxy groups -OCH3 is 2. The maximum Gasteiger partial charge on any atom is 0.253 e. The summed E-state index contributed by atoms with van der Waals surface area (Å²) in [6.07, 6.45) is 3.06. The monoisotopic (exact) mass is 424 g/mol. The lowest BCUT2D eigenvalue weighted by molar-refractivity contribution is -0.121. The fourth-order valence-electron chi connectivity index (χ4n) is 4.12. The van der Waals surface area contributed by atoms with Crippen molar-refractivity contribution in [1.29, 1.82) is 0 Å². The summed E-state index contributed by atoms with van der Waals surface area (Å²) in [6.45, 7) is 5.31. The molecule has 0 saturated carbocycles. The van der Waals surface area contributed by atoms with E-state index >= 15 is 0 Å². The van der Waals surface area contributed by atoms with Crippen molar-refractivity contribution in [1.82, 2.24) is 4.90 Å². The van der Waals surface area contributed by atoms with E-state index in [-0.39, 0.29) is 17.7 Å². The SMILES string of the molecule is CCc1cccc(CC)c1NC(=O)C1CCN(C(=O)c2ccc(OC)c(OC)c2)CC1. The van der Waals surface area contributed by atoms with Crippen LogP contribution >= 0.6 is 0 Å². The molecule has 2 aromatic rings. The predicted molar refractivity (Wildman–Crippen MR) is 122 cm³/mol. The fourth-order valence-corrected chi connectivity index (χ4v) is 4.12. The molecule has 0 bridgehead atoms. The molecule has 0 unspecified atom stereocenters. The third-order valence-electron chi connectivity index (χ3n) is 6.03. The number of amides is 2. The molecule has 1 aliphatic heterocycles. The molecule has 1 N–H and O–H groups in total. The minimum atomic E-state index is -0.0935. The molecule has 6 nitrogen and oxygen atoms in total. The summed E-state index contributed by atoms with van der Waals surface area (Å²) in [6, 6.07) is 11.4. The molecule has 31 heavy (non-hydrogen) atoms. The van der Waals surface area contributed by atoms with Crippen LogP contribution < -0.4 is 14.8 Å². The Kier molecular flexibility index (Phi) is 7.55. The summed E-state index contributed by atoms with van der Waals surface area (Å²) < 4.78 is 10.6. The van der Waals surface area contributed by atoms with Crippen LogP contribution in [0.4, 0.5) is 5.69 Å². The number of hydrogen-bond donors (Lipinski definition) is 1. The van der Waals surface area contributed by atoms with Gasteiger partial charge in [0.25, 0.3) is 5.91 Å². The van der Waals surface area contributed by atoms with E-state index in [4.69, 9.17) is 9.47 Å². The Hall–Kier alpha value is -3.02. The number of piperidine rings is 1. The summed E-state index contributed by atoms with van der Waals surface area (Å²) in [4.78, 5) is 27.7. The Morgan fingerprint density at radius 3 is 2.13 bits per heavy atom. The van der Waals surface area contributed by atoms with Gasteiger partial charge in [0, 0.05) is 30.3 Å². The smallest absolute Gasteiger partial charge is 0.253 e. The van der Waals surface area contributed by atoms with Crippen LogP contribution in [0.3, 0.4) is 0 Å². The molecule has 1 fully saturated rings. The maximum atomic E-state index is 13.0. The maximum absolute atomic E-state index is 13.0. The normalized spacial score (nSPS) is 14.3. The van der Waals surface area contributed by atoms with Gasteiger partial charge in [-0.3, -0.25) is 9.59 Å². The molecule has 2 amide bonds. The van der Waals surface area contributed by atoms with Gasteiger partial charge in [-0.1, -0.05) is 32.0 Å². The Balaban J connectivity index is 1.63. The van der Waals surface area contributed by atoms with Crippen molar-refractivity contribution in [3.8, 4) is 11.5 Å². The number of ether oxygens (including phenoxy) is 2. The van der Waals surface area contributed by atoms with Gasteiger partial charge in [-0.25, -0.2) is 0 Å². The number of carbonyl (C=O) groups excluding carboxylic acids is 2. The van der Waals surface area contributed by atoms with Crippen LogP contribution in [0.15, 0.2) is 36.4 Å². The van der Waals surface area contributed by atoms with E-state index < -0.39 is 0 Å². The van der Waals surface area contributed by atoms with Crippen LogP contribution in [0.2, 0.25) is 0 Å². The lowest BCUT2D eigenvalue weighted by Crippen LogP contribution is -2.41. The van der Waals surface area contributed by atoms with Crippen LogP contribution in [-0.2, 0) is 17.6 Å². The third-order valence-corrected chi connectivity index (χ3v) is 6.03. The molecule has 3 rings (SSSR count). The highest BCUT2D eigenvalue weighted by molar-refractivity contribution is 5.96. The zero-order valence-corrected chi connectivity index (χ0v) is 18.9. The standard InChI is InChI=1S/C25H32N2O4/c1-5-17-8-7-9-18(6-2)23(17)26-24(28)19-12-14-27(15-13-19)25(29)20-10-11-21(30-3)22(16-20)31-4/h7-11,16,19H,5-6,12-15H2,1-4H3,(H,26,28). The molecule has 1 heterocycles. The predicted octanol–water partition coefficient (Wildman–Crippen LogP) is 4.32. The van der Waals surface area contributed by atoms with Gasteiger partial charge >= 0.3 is 0 Å². The number of likely N-dealkylation sites (tertiary alicyclic amines) is 1. The first-order valence-corrected chi connectivity index (χ1v) is 10.9. The zero-order valence-electron chi connectivity index (χ0n) is 18.9. The highest BCUT2D eigenvalue weighted by Crippen LogP contribution is 2.29. The fraction of sp³-hybridized carbons (Fsp3) is 0.440. The molecule has 6 heteroatoms. The second kappa shape index (κ2) is 10.3. The number of rotatable bonds is 7. The molecular weight excluding hydrogens is 392 g/mol. The van der Waals surface area contributed by atoms with Gasteiger partial charge < -0.3 is 19.7 Å². The molecular formula is C25H32N2O4. The summed E-state index contributed by atoms with van der Waals surface area (Å²) in [5, 5.41) is 3.18. The molecule has 166 valence electrons. The minimum Gasteiger partial charge on any atom is -0.493 e. The van der Waals surface area contributed by atoms with E-state index in [9.17, 15) is 9.59 Å². The molecule has 0 atom stereocenters. The summed E-state index contributed by atoms with van der Waals surface area (Å²) in [5.74, 6) is 1.03. The summed E-state index contributed by atoms with van der Waals surface area (Å²) >= 11 is 0. The van der Waals surface area contributed by atoms with Gasteiger partial charge in [-0.15, -0.1) is 0 Å². The first kappa shape index (κ1) is 22.7. The Bertz CT molecular complexity index is 911. The summed E-state index contributed by atoms with van der Waals surface area (Å²) in [7, 11) is 3.12. The van der Waals surface area contributed by atoms with Crippen LogP contribution in [-0.4, -0.2) is 44.0 Å². The number of para-hydroxylation sites is 1. The van der Waals surface area contributed by atoms with Crippen molar-refractivity contribution in [2.24, 2.45) is 5.92 Å². The average molecular weight is 425 g/mol. The molecule has 2 aromatic carbocycles. The lowest BCUT2D eigenvalue weighted by atomic mass is 9.94. The van der Waals surface area contributed by atoms with E-state index in [1.165, 1.54) is 0 Å². The van der Waals surface area contributed by atoms with Gasteiger partial charge in [0.1, 0.15) is 0 Å². The summed E-state index contributed by atoms with van der Waals surface area (Å²) in [5.41, 5.74) is 3.84. The van der Waals surface area contributed by atoms with Crippen LogP contribution in [0.5, 0.6) is 11.5 Å². The Morgan fingerprint density at radius 2 is 1.58 bits per heavy atom. The zero-order chi connectivity index (χ0) is 22.4. The largest absolute Gasteiger partial charge is 0.493 e. The van der Waals surface area contributed by atoms with Gasteiger partial charge in [0.15, 0.2) is 11.5 Å². The number of hydrogen-bond acceptors (Lipinski definition) is 4. The van der Waals surface area contributed by atoms with Crippen molar-refractivity contribution >= 4 is 17.5 Å². The Labute approximate surface area is 184 Å². The second-order valence-corrected chi connectivity index (χ2v) is 7.78. The first-order chi connectivity index (χ1) is 15.0. The quantitative estimate of drug-likeness (QED) is 0.719. The average Bonchev–Trinajstić information content (AvgIpc) is 2.83. The Morgan fingerprint density at radius 1 is 0.968 bits per heavy atom. The number of aryl methyl sites for hydroxylation is 2. The highest BCUT2D eigenvalue weighted by atomic mass is 16.5. The van der Waals surface area contributed by atoms with E-state index in [0.29, 0.717) is 43.0 Å². The highest BCUT2D eigenvalue weighted by Gasteiger charge is 2.29. The van der Waals surface area contributed by atoms with Crippen molar-refractivity contribution in [3.05, 3.63) is 53.1 Å². The van der Waals surface area contributed by atoms with Crippen molar-refractivity contribution in [3.63, 3.8) is 0 Å². The van der Waals surface area contributed by atoms with Gasteiger partial charge in [0.2, 0.25) is 5.91 Å². The van der Waals surface area contributed by atoms with Gasteiger partial charge in [-0.05, 0) is 55.0 Å². The molecule has 0 aliphatic carbocycles. The topological polar surface area (TPSA) is 67.9 Å². The number of nitrogens with zero attached hydrogens (tertiary/aromatic N) is 1. The number of nitrogens with one attached hydrogen (secondary N) is 1. The lowest BCUT2D eigenvalue weighted by Gasteiger charge is -2.32. The molecule has 1 aliphatic rings. The second-order valence-electron chi connectivity index (χ2n) is 7.78. The van der Waals surface area contributed by atoms with Crippen molar-refractivity contribution in [2.75, 3.05) is 32.6 Å².